The van der Waals surface area contributed by atoms with Gasteiger partial charge in [-0.1, -0.05) is 60.7 Å². The van der Waals surface area contributed by atoms with Crippen molar-refractivity contribution >= 4 is 34.6 Å². The molecule has 0 aliphatic heterocycles. The molecule has 1 unspecified atom stereocenters. The lowest BCUT2D eigenvalue weighted by Gasteiger charge is -2.16. The number of carbonyl (C=O) groups excluding carboxylic acids is 1. The fraction of sp³-hybridized carbons (Fsp3) is 0.233. The molecular weight excluding hydrogens is 502 g/mol. The van der Waals surface area contributed by atoms with Gasteiger partial charge in [0.25, 0.3) is 5.91 Å². The molecule has 2 N–H and O–H groups in total. The molecule has 4 aromatic rings. The highest BCUT2D eigenvalue weighted by Gasteiger charge is 2.21. The molecule has 3 aromatic carbocycles. The van der Waals surface area contributed by atoms with Crippen LogP contribution in [0.1, 0.15) is 27.8 Å². The van der Waals surface area contributed by atoms with Gasteiger partial charge in [0.05, 0.1) is 0 Å². The van der Waals surface area contributed by atoms with Crippen LogP contribution in [0, 0.1) is 13.8 Å². The molecule has 1 aromatic heterocycles. The zero-order valence-corrected chi connectivity index (χ0v) is 22.0. The normalized spacial score (nSPS) is 11.7. The minimum Gasteiger partial charge on any atom is -0.483 e. The highest BCUT2D eigenvalue weighted by atomic mass is 32.2. The number of aliphatic carboxylic acids is 1. The van der Waals surface area contributed by atoms with Crippen molar-refractivity contribution in [1.82, 2.24) is 5.32 Å². The molecule has 0 saturated carbocycles. The number of aryl methyl sites for hydroxylation is 2. The van der Waals surface area contributed by atoms with Gasteiger partial charge in [0.2, 0.25) is 0 Å². The third-order valence-electron chi connectivity index (χ3n) is 6.27. The zero-order valence-electron chi connectivity index (χ0n) is 21.2. The van der Waals surface area contributed by atoms with Crippen LogP contribution in [0.4, 0.5) is 0 Å². The van der Waals surface area contributed by atoms with Gasteiger partial charge >= 0.3 is 11.6 Å². The summed E-state index contributed by atoms with van der Waals surface area (Å²) in [5, 5.41) is 12.8. The Labute approximate surface area is 224 Å². The Kier molecular flexibility index (Phi) is 8.86. The summed E-state index contributed by atoms with van der Waals surface area (Å²) in [4.78, 5) is 37.0. The van der Waals surface area contributed by atoms with Crippen LogP contribution in [0.15, 0.2) is 82.0 Å². The molecule has 7 nitrogen and oxygen atoms in total. The summed E-state index contributed by atoms with van der Waals surface area (Å²) < 4.78 is 11.4. The Morgan fingerprint density at radius 1 is 0.947 bits per heavy atom. The SMILES string of the molecule is Cc1c(Cc2ccccc2)c(=O)oc2c(C)c(OCC(=O)NC(CSCc3ccccc3)C(=O)O)ccc12. The van der Waals surface area contributed by atoms with E-state index in [0.717, 1.165) is 22.1 Å². The predicted octanol–water partition coefficient (Wildman–Crippen LogP) is 4.88. The number of thioether (sulfide) groups is 1. The summed E-state index contributed by atoms with van der Waals surface area (Å²) in [7, 11) is 0. The molecule has 1 heterocycles. The number of carboxylic acids is 1. The molecule has 0 saturated heterocycles. The number of benzene rings is 3. The summed E-state index contributed by atoms with van der Waals surface area (Å²) in [6.07, 6.45) is 0.469. The zero-order chi connectivity index (χ0) is 27.1. The number of nitrogens with one attached hydrogen (secondary N) is 1. The number of amides is 1. The molecule has 0 fully saturated rings. The van der Waals surface area contributed by atoms with Crippen LogP contribution < -0.4 is 15.7 Å². The summed E-state index contributed by atoms with van der Waals surface area (Å²) in [5.74, 6) is -0.403. The van der Waals surface area contributed by atoms with Gasteiger partial charge in [0.1, 0.15) is 17.4 Å². The third-order valence-corrected chi connectivity index (χ3v) is 7.37. The second-order valence-electron chi connectivity index (χ2n) is 8.97. The number of hydrogen-bond acceptors (Lipinski definition) is 6. The molecule has 1 amide bonds. The van der Waals surface area contributed by atoms with Crippen molar-refractivity contribution in [1.29, 1.82) is 0 Å². The van der Waals surface area contributed by atoms with Gasteiger partial charge in [-0.25, -0.2) is 9.59 Å². The van der Waals surface area contributed by atoms with Crippen LogP contribution in [-0.4, -0.2) is 35.4 Å². The molecule has 0 spiro atoms. The quantitative estimate of drug-likeness (QED) is 0.266. The number of rotatable bonds is 11. The van der Waals surface area contributed by atoms with Gasteiger partial charge in [-0.15, -0.1) is 0 Å². The number of hydrogen-bond donors (Lipinski definition) is 2. The van der Waals surface area contributed by atoms with Gasteiger partial charge in [0, 0.05) is 34.4 Å². The monoisotopic (exact) mass is 531 g/mol. The summed E-state index contributed by atoms with van der Waals surface area (Å²) in [6, 6.07) is 21.9. The molecule has 38 heavy (non-hydrogen) atoms. The van der Waals surface area contributed by atoms with Crippen molar-refractivity contribution in [2.75, 3.05) is 12.4 Å². The Morgan fingerprint density at radius 3 is 2.26 bits per heavy atom. The summed E-state index contributed by atoms with van der Waals surface area (Å²) in [5.41, 5.74) is 4.12. The first-order valence-electron chi connectivity index (χ1n) is 12.2. The number of carboxylic acid groups (broad SMARTS) is 1. The summed E-state index contributed by atoms with van der Waals surface area (Å²) in [6.45, 7) is 3.29. The first kappa shape index (κ1) is 27.0. The van der Waals surface area contributed by atoms with Gasteiger partial charge in [-0.3, -0.25) is 4.79 Å². The third kappa shape index (κ3) is 6.63. The van der Waals surface area contributed by atoms with Crippen LogP contribution in [0.25, 0.3) is 11.0 Å². The first-order chi connectivity index (χ1) is 18.3. The van der Waals surface area contributed by atoms with E-state index < -0.39 is 23.5 Å². The van der Waals surface area contributed by atoms with E-state index in [-0.39, 0.29) is 12.4 Å². The van der Waals surface area contributed by atoms with Crippen molar-refractivity contribution < 1.29 is 23.8 Å². The van der Waals surface area contributed by atoms with Crippen LogP contribution in [0.2, 0.25) is 0 Å². The van der Waals surface area contributed by atoms with E-state index in [9.17, 15) is 19.5 Å². The second-order valence-corrected chi connectivity index (χ2v) is 10.00. The lowest BCUT2D eigenvalue weighted by atomic mass is 9.98. The molecule has 0 aliphatic rings. The van der Waals surface area contributed by atoms with E-state index in [1.165, 1.54) is 11.8 Å². The first-order valence-corrected chi connectivity index (χ1v) is 13.4. The predicted molar refractivity (Wildman–Crippen MR) is 149 cm³/mol. The molecule has 0 bridgehead atoms. The van der Waals surface area contributed by atoms with E-state index >= 15 is 0 Å². The Bertz CT molecular complexity index is 1480. The number of fused-ring (bicyclic) bond motifs is 1. The lowest BCUT2D eigenvalue weighted by Crippen LogP contribution is -2.44. The van der Waals surface area contributed by atoms with E-state index in [0.29, 0.717) is 34.6 Å². The average molecular weight is 532 g/mol. The van der Waals surface area contributed by atoms with E-state index in [2.05, 4.69) is 5.32 Å². The maximum absolute atomic E-state index is 12.8. The molecule has 4 rings (SSSR count). The maximum atomic E-state index is 12.8. The van der Waals surface area contributed by atoms with Gasteiger partial charge < -0.3 is 19.6 Å². The van der Waals surface area contributed by atoms with Crippen molar-refractivity contribution in [2.45, 2.75) is 32.1 Å². The van der Waals surface area contributed by atoms with Gasteiger partial charge in [-0.2, -0.15) is 11.8 Å². The standard InChI is InChI=1S/C30H29NO6S/c1-19-23-13-14-26(20(2)28(23)37-30(35)24(19)15-21-9-5-3-6-10-21)36-16-27(32)31-25(29(33)34)18-38-17-22-11-7-4-8-12-22/h3-14,25H,15-18H2,1-2H3,(H,31,32)(H,33,34). The lowest BCUT2D eigenvalue weighted by molar-refractivity contribution is -0.141. The van der Waals surface area contributed by atoms with E-state index in [4.69, 9.17) is 9.15 Å². The number of ether oxygens (including phenoxy) is 1. The molecule has 0 aliphatic carbocycles. The van der Waals surface area contributed by atoms with Crippen molar-refractivity contribution in [3.63, 3.8) is 0 Å². The van der Waals surface area contributed by atoms with E-state index in [1.807, 2.05) is 73.7 Å². The Balaban J connectivity index is 1.41. The van der Waals surface area contributed by atoms with Crippen LogP contribution >= 0.6 is 11.8 Å². The van der Waals surface area contributed by atoms with Crippen molar-refractivity contribution in [3.8, 4) is 5.75 Å². The fourth-order valence-electron chi connectivity index (χ4n) is 4.15. The highest BCUT2D eigenvalue weighted by Crippen LogP contribution is 2.30. The molecule has 1 atom stereocenters. The number of carbonyl (C=O) groups is 2. The van der Waals surface area contributed by atoms with Gasteiger partial charge in [0.15, 0.2) is 6.61 Å². The highest BCUT2D eigenvalue weighted by molar-refractivity contribution is 7.98. The molecular formula is C30H29NO6S. The van der Waals surface area contributed by atoms with Crippen LogP contribution in [-0.2, 0) is 21.8 Å². The largest absolute Gasteiger partial charge is 0.483 e. The van der Waals surface area contributed by atoms with Crippen LogP contribution in [0.5, 0.6) is 5.75 Å². The van der Waals surface area contributed by atoms with Crippen molar-refractivity contribution in [2.24, 2.45) is 0 Å². The maximum Gasteiger partial charge on any atom is 0.340 e. The fourth-order valence-corrected chi connectivity index (χ4v) is 5.16. The van der Waals surface area contributed by atoms with E-state index in [1.54, 1.807) is 13.0 Å². The van der Waals surface area contributed by atoms with Crippen LogP contribution in [0.3, 0.4) is 0 Å². The smallest absolute Gasteiger partial charge is 0.340 e. The minimum atomic E-state index is -1.11. The average Bonchev–Trinajstić information content (AvgIpc) is 2.91. The molecule has 8 heteroatoms. The summed E-state index contributed by atoms with van der Waals surface area (Å²) >= 11 is 1.43. The second kappa shape index (κ2) is 12.5. The Hall–Kier alpha value is -4.04. The molecule has 0 radical (unpaired) electrons. The van der Waals surface area contributed by atoms with Gasteiger partial charge in [-0.05, 0) is 42.7 Å². The Morgan fingerprint density at radius 2 is 1.61 bits per heavy atom. The topological polar surface area (TPSA) is 106 Å². The molecule has 196 valence electrons. The minimum absolute atomic E-state index is 0.223. The van der Waals surface area contributed by atoms with Crippen molar-refractivity contribution in [3.05, 3.63) is 111 Å².